The highest BCUT2D eigenvalue weighted by Gasteiger charge is 2.45. The van der Waals surface area contributed by atoms with E-state index < -0.39 is 55.1 Å². The molecule has 0 aromatic heterocycles. The quantitative estimate of drug-likeness (QED) is 0.373. The lowest BCUT2D eigenvalue weighted by Crippen LogP contribution is -2.60. The Morgan fingerprint density at radius 2 is 1.96 bits per heavy atom. The third kappa shape index (κ3) is 3.22. The van der Waals surface area contributed by atoms with Gasteiger partial charge in [0.05, 0.1) is 6.61 Å². The van der Waals surface area contributed by atoms with Crippen LogP contribution in [0.25, 0.3) is 0 Å². The van der Waals surface area contributed by atoms with Crippen LogP contribution in [0.15, 0.2) is 12.1 Å². The van der Waals surface area contributed by atoms with Gasteiger partial charge in [-0.1, -0.05) is 0 Å². The first-order valence-corrected chi connectivity index (χ1v) is 7.62. The number of rotatable bonds is 4. The summed E-state index contributed by atoms with van der Waals surface area (Å²) in [6.45, 7) is -0.622. The molecule has 10 heteroatoms. The highest BCUT2D eigenvalue weighted by Crippen LogP contribution is 2.38. The minimum absolute atomic E-state index is 0.149. The van der Waals surface area contributed by atoms with E-state index in [2.05, 4.69) is 5.32 Å². The van der Waals surface area contributed by atoms with Crippen molar-refractivity contribution in [2.75, 3.05) is 11.9 Å². The van der Waals surface area contributed by atoms with Crippen molar-refractivity contribution >= 4 is 11.7 Å². The van der Waals surface area contributed by atoms with Crippen LogP contribution in [0.4, 0.5) is 5.69 Å². The van der Waals surface area contributed by atoms with E-state index in [0.29, 0.717) is 11.3 Å². The van der Waals surface area contributed by atoms with Crippen molar-refractivity contribution < 1.29 is 44.9 Å². The van der Waals surface area contributed by atoms with E-state index in [0.717, 1.165) is 0 Å². The number of aliphatic carboxylic acids is 1. The monoisotopic (exact) mass is 356 g/mol. The molecule has 0 aliphatic carbocycles. The van der Waals surface area contributed by atoms with Crippen molar-refractivity contribution in [1.29, 1.82) is 0 Å². The van der Waals surface area contributed by atoms with Crippen LogP contribution in [0.3, 0.4) is 0 Å². The Kier molecular flexibility index (Phi) is 4.71. The summed E-state index contributed by atoms with van der Waals surface area (Å²) in [5, 5.41) is 62.4. The fourth-order valence-electron chi connectivity index (χ4n) is 2.89. The maximum Gasteiger partial charge on any atom is 0.326 e. The van der Waals surface area contributed by atoms with Crippen molar-refractivity contribution in [3.8, 4) is 11.5 Å². The molecule has 6 atom stereocenters. The van der Waals surface area contributed by atoms with Gasteiger partial charge in [0.15, 0.2) is 5.75 Å². The van der Waals surface area contributed by atoms with E-state index in [1.807, 2.05) is 0 Å². The molecule has 6 N–H and O–H groups in total. The van der Waals surface area contributed by atoms with Gasteiger partial charge in [-0.25, -0.2) is 4.79 Å². The van der Waals surface area contributed by atoms with Crippen LogP contribution in [0.1, 0.15) is 5.56 Å². The van der Waals surface area contributed by atoms with Crippen LogP contribution < -0.4 is 10.1 Å². The third-order valence-corrected chi connectivity index (χ3v) is 4.31. The molecule has 0 bridgehead atoms. The topological polar surface area (TPSA) is 169 Å². The zero-order valence-electron chi connectivity index (χ0n) is 12.9. The molecule has 1 radical (unpaired) electrons. The lowest BCUT2D eigenvalue weighted by Gasteiger charge is -2.39. The molecular formula is C15H18NO9. The van der Waals surface area contributed by atoms with Crippen LogP contribution in [0, 0.1) is 0 Å². The van der Waals surface area contributed by atoms with E-state index in [1.165, 1.54) is 12.1 Å². The largest absolute Gasteiger partial charge is 0.480 e. The van der Waals surface area contributed by atoms with Gasteiger partial charge in [0.1, 0.15) is 30.5 Å². The van der Waals surface area contributed by atoms with Gasteiger partial charge in [-0.15, -0.1) is 0 Å². The molecule has 0 unspecified atom stereocenters. The molecule has 3 rings (SSSR count). The lowest BCUT2D eigenvalue weighted by atomic mass is 9.99. The molecule has 2 aliphatic rings. The SMILES string of the molecule is [O]c1cc2c(cc1O[C@@H]1O[C@H](CO)[C@@H](O)[C@H](O)[C@H]1O)C[C@@H](C(=O)O)N2. The minimum atomic E-state index is -1.64. The molecule has 1 saturated heterocycles. The number of anilines is 1. The number of aliphatic hydroxyl groups is 4. The zero-order chi connectivity index (χ0) is 18.3. The highest BCUT2D eigenvalue weighted by atomic mass is 16.7. The summed E-state index contributed by atoms with van der Waals surface area (Å²) in [7, 11) is 0. The Hall–Kier alpha value is -2.11. The highest BCUT2D eigenvalue weighted by molar-refractivity contribution is 5.82. The second-order valence-corrected chi connectivity index (χ2v) is 6.01. The number of carboxylic acid groups (broad SMARTS) is 1. The van der Waals surface area contributed by atoms with E-state index in [1.54, 1.807) is 0 Å². The summed E-state index contributed by atoms with van der Waals surface area (Å²) in [5.41, 5.74) is 0.935. The maximum absolute atomic E-state index is 12.1. The maximum atomic E-state index is 12.1. The van der Waals surface area contributed by atoms with Crippen LogP contribution in [0.2, 0.25) is 0 Å². The molecular weight excluding hydrogens is 338 g/mol. The Balaban J connectivity index is 1.80. The molecule has 1 aromatic carbocycles. The van der Waals surface area contributed by atoms with Gasteiger partial charge in [0.2, 0.25) is 12.0 Å². The number of aliphatic hydroxyl groups excluding tert-OH is 4. The normalized spacial score (nSPS) is 34.2. The number of nitrogens with one attached hydrogen (secondary N) is 1. The van der Waals surface area contributed by atoms with Crippen LogP contribution in [0.5, 0.6) is 11.5 Å². The smallest absolute Gasteiger partial charge is 0.326 e. The summed E-state index contributed by atoms with van der Waals surface area (Å²) in [5.74, 6) is -1.83. The van der Waals surface area contributed by atoms with Gasteiger partial charge < -0.3 is 40.3 Å². The molecule has 137 valence electrons. The first-order chi connectivity index (χ1) is 11.8. The van der Waals surface area contributed by atoms with E-state index in [9.17, 15) is 25.2 Å². The standard InChI is InChI=1S/C15H18NO9/c17-4-10-11(19)12(20)13(21)15(25-10)24-9-2-5-1-7(14(22)23)16-6(5)3-8(9)18/h2-3,7,10-13,15-17,19-21H,1,4H2,(H,22,23)/t7-,10+,11+,12-,13+,15+/m0/s1. The number of benzene rings is 1. The number of carboxylic acids is 1. The fraction of sp³-hybridized carbons (Fsp3) is 0.533. The summed E-state index contributed by atoms with van der Waals surface area (Å²) in [6.07, 6.45) is -7.30. The van der Waals surface area contributed by atoms with Crippen molar-refractivity contribution in [2.24, 2.45) is 0 Å². The van der Waals surface area contributed by atoms with Crippen molar-refractivity contribution in [3.63, 3.8) is 0 Å². The third-order valence-electron chi connectivity index (χ3n) is 4.31. The van der Waals surface area contributed by atoms with Gasteiger partial charge in [-0.2, -0.15) is 0 Å². The summed E-state index contributed by atoms with van der Waals surface area (Å²) in [4.78, 5) is 11.0. The van der Waals surface area contributed by atoms with E-state index in [-0.39, 0.29) is 12.2 Å². The van der Waals surface area contributed by atoms with Crippen molar-refractivity contribution in [2.45, 2.75) is 43.2 Å². The van der Waals surface area contributed by atoms with Crippen molar-refractivity contribution in [1.82, 2.24) is 0 Å². The zero-order valence-corrected chi connectivity index (χ0v) is 12.9. The van der Waals surface area contributed by atoms with Crippen LogP contribution in [-0.2, 0) is 21.1 Å². The second kappa shape index (κ2) is 6.65. The number of hydrogen-bond acceptors (Lipinski definition) is 8. The lowest BCUT2D eigenvalue weighted by molar-refractivity contribution is -0.277. The number of ether oxygens (including phenoxy) is 2. The molecule has 0 saturated carbocycles. The molecule has 2 aliphatic heterocycles. The van der Waals surface area contributed by atoms with Gasteiger partial charge in [0, 0.05) is 18.2 Å². The predicted octanol–water partition coefficient (Wildman–Crippen LogP) is -1.57. The van der Waals surface area contributed by atoms with Crippen LogP contribution >= 0.6 is 0 Å². The second-order valence-electron chi connectivity index (χ2n) is 6.01. The molecule has 0 spiro atoms. The Morgan fingerprint density at radius 3 is 2.60 bits per heavy atom. The average Bonchev–Trinajstić information content (AvgIpc) is 2.98. The molecule has 25 heavy (non-hydrogen) atoms. The molecule has 1 aromatic rings. The Morgan fingerprint density at radius 1 is 1.24 bits per heavy atom. The first kappa shape index (κ1) is 17.7. The Labute approximate surface area is 141 Å². The Bertz CT molecular complexity index is 665. The van der Waals surface area contributed by atoms with E-state index in [4.69, 9.17) is 19.7 Å². The predicted molar refractivity (Wildman–Crippen MR) is 79.7 cm³/mol. The van der Waals surface area contributed by atoms with Gasteiger partial charge in [-0.3, -0.25) is 5.11 Å². The van der Waals surface area contributed by atoms with E-state index >= 15 is 0 Å². The van der Waals surface area contributed by atoms with Crippen LogP contribution in [-0.4, -0.2) is 74.9 Å². The number of fused-ring (bicyclic) bond motifs is 1. The fourth-order valence-corrected chi connectivity index (χ4v) is 2.89. The molecule has 10 nitrogen and oxygen atoms in total. The number of carbonyl (C=O) groups is 1. The summed E-state index contributed by atoms with van der Waals surface area (Å²) >= 11 is 0. The summed E-state index contributed by atoms with van der Waals surface area (Å²) < 4.78 is 10.5. The first-order valence-electron chi connectivity index (χ1n) is 7.62. The average molecular weight is 356 g/mol. The van der Waals surface area contributed by atoms with Gasteiger partial charge in [-0.05, 0) is 11.6 Å². The number of hydrogen-bond donors (Lipinski definition) is 6. The molecule has 2 heterocycles. The summed E-state index contributed by atoms with van der Waals surface area (Å²) in [6, 6.07) is 1.67. The minimum Gasteiger partial charge on any atom is -0.480 e. The van der Waals surface area contributed by atoms with Crippen molar-refractivity contribution in [3.05, 3.63) is 17.7 Å². The molecule has 1 fully saturated rings. The van der Waals surface area contributed by atoms with Gasteiger partial charge >= 0.3 is 5.97 Å². The molecule has 0 amide bonds. The van der Waals surface area contributed by atoms with Gasteiger partial charge in [0.25, 0.3) is 0 Å².